The molecule has 3 rings (SSSR count). The van der Waals surface area contributed by atoms with Crippen LogP contribution >= 0.6 is 11.3 Å². The van der Waals surface area contributed by atoms with Gasteiger partial charge in [-0.2, -0.15) is 0 Å². The van der Waals surface area contributed by atoms with Gasteiger partial charge < -0.3 is 4.42 Å². The first-order valence-electron chi connectivity index (χ1n) is 3.65. The zero-order valence-corrected chi connectivity index (χ0v) is 6.97. The molecule has 0 atom stereocenters. The number of nitrogens with zero attached hydrogens (tertiary/aromatic N) is 1. The molecule has 0 saturated carbocycles. The predicted molar refractivity (Wildman–Crippen MR) is 49.4 cm³/mol. The van der Waals surface area contributed by atoms with Gasteiger partial charge in [0.2, 0.25) is 0 Å². The lowest BCUT2D eigenvalue weighted by atomic mass is 10.3. The van der Waals surface area contributed by atoms with Crippen molar-refractivity contribution in [3.8, 4) is 0 Å². The van der Waals surface area contributed by atoms with E-state index in [9.17, 15) is 0 Å². The highest BCUT2D eigenvalue weighted by molar-refractivity contribution is 7.25. The molecule has 0 unspecified atom stereocenters. The van der Waals surface area contributed by atoms with Crippen LogP contribution < -0.4 is 0 Å². The molecule has 0 fully saturated rings. The van der Waals surface area contributed by atoms with Gasteiger partial charge in [-0.25, -0.2) is 0 Å². The third-order valence-corrected chi connectivity index (χ3v) is 2.96. The zero-order valence-electron chi connectivity index (χ0n) is 6.15. The van der Waals surface area contributed by atoms with Crippen LogP contribution in [0.3, 0.4) is 0 Å². The van der Waals surface area contributed by atoms with E-state index in [0.29, 0.717) is 0 Å². The van der Waals surface area contributed by atoms with E-state index in [-0.39, 0.29) is 0 Å². The van der Waals surface area contributed by atoms with Gasteiger partial charge in [-0.1, -0.05) is 0 Å². The van der Waals surface area contributed by atoms with E-state index in [1.807, 2.05) is 18.3 Å². The van der Waals surface area contributed by atoms with Crippen LogP contribution in [0.2, 0.25) is 0 Å². The van der Waals surface area contributed by atoms with E-state index in [1.54, 1.807) is 23.8 Å². The van der Waals surface area contributed by atoms with Crippen LogP contribution in [0, 0.1) is 0 Å². The predicted octanol–water partition coefficient (Wildman–Crippen LogP) is 3.04. The Hall–Kier alpha value is -1.35. The fraction of sp³-hybridized carbons (Fsp3) is 0. The van der Waals surface area contributed by atoms with Crippen molar-refractivity contribution < 1.29 is 4.42 Å². The minimum atomic E-state index is 0.984. The first kappa shape index (κ1) is 6.20. The molecular formula is C9H5NOS. The molecule has 0 saturated heterocycles. The van der Waals surface area contributed by atoms with Gasteiger partial charge in [-0.15, -0.1) is 11.3 Å². The van der Waals surface area contributed by atoms with Crippen molar-refractivity contribution in [3.05, 3.63) is 30.8 Å². The molecular weight excluding hydrogens is 170 g/mol. The summed E-state index contributed by atoms with van der Waals surface area (Å²) < 4.78 is 7.73. The molecule has 0 N–H and O–H groups in total. The molecule has 3 heterocycles. The number of furan rings is 1. The zero-order chi connectivity index (χ0) is 7.97. The van der Waals surface area contributed by atoms with Crippen molar-refractivity contribution in [1.82, 2.24) is 4.98 Å². The van der Waals surface area contributed by atoms with Crippen LogP contribution in [0.4, 0.5) is 0 Å². The average Bonchev–Trinajstić information content (AvgIpc) is 2.62. The summed E-state index contributed by atoms with van der Waals surface area (Å²) >= 11 is 1.71. The summed E-state index contributed by atoms with van der Waals surface area (Å²) in [6, 6.07) is 3.97. The normalized spacial score (nSPS) is 11.3. The maximum absolute atomic E-state index is 5.35. The molecule has 3 heteroatoms. The lowest BCUT2D eigenvalue weighted by Gasteiger charge is -1.84. The highest BCUT2D eigenvalue weighted by Gasteiger charge is 2.05. The molecule has 0 aliphatic carbocycles. The minimum Gasteiger partial charge on any atom is -0.463 e. The van der Waals surface area contributed by atoms with Crippen LogP contribution in [0.15, 0.2) is 35.2 Å². The second kappa shape index (κ2) is 2.08. The van der Waals surface area contributed by atoms with Crippen LogP contribution in [0.25, 0.3) is 20.4 Å². The molecule has 0 radical (unpaired) electrons. The van der Waals surface area contributed by atoms with E-state index >= 15 is 0 Å². The lowest BCUT2D eigenvalue weighted by Crippen LogP contribution is -1.65. The number of aromatic nitrogens is 1. The highest BCUT2D eigenvalue weighted by Crippen LogP contribution is 2.33. The fourth-order valence-electron chi connectivity index (χ4n) is 1.34. The summed E-state index contributed by atoms with van der Waals surface area (Å²) in [4.78, 5) is 4.06. The monoisotopic (exact) mass is 175 g/mol. The van der Waals surface area contributed by atoms with Gasteiger partial charge in [0.05, 0.1) is 15.7 Å². The molecule has 12 heavy (non-hydrogen) atoms. The van der Waals surface area contributed by atoms with Crippen LogP contribution in [-0.2, 0) is 0 Å². The largest absolute Gasteiger partial charge is 0.463 e. The summed E-state index contributed by atoms with van der Waals surface area (Å²) in [5.74, 6) is 0. The molecule has 0 aliphatic rings. The van der Waals surface area contributed by atoms with Crippen LogP contribution in [-0.4, -0.2) is 4.98 Å². The van der Waals surface area contributed by atoms with Gasteiger partial charge in [-0.3, -0.25) is 4.98 Å². The number of hydrogen-bond acceptors (Lipinski definition) is 3. The molecule has 0 amide bonds. The quantitative estimate of drug-likeness (QED) is 0.525. The fourth-order valence-corrected chi connectivity index (χ4v) is 2.34. The Morgan fingerprint density at radius 2 is 2.25 bits per heavy atom. The van der Waals surface area contributed by atoms with Crippen molar-refractivity contribution >= 4 is 31.7 Å². The van der Waals surface area contributed by atoms with Gasteiger partial charge in [0.1, 0.15) is 0 Å². The molecule has 3 aromatic rings. The summed E-state index contributed by atoms with van der Waals surface area (Å²) in [6.07, 6.45) is 5.38. The van der Waals surface area contributed by atoms with Crippen molar-refractivity contribution in [3.63, 3.8) is 0 Å². The van der Waals surface area contributed by atoms with Gasteiger partial charge >= 0.3 is 0 Å². The molecule has 0 aliphatic heterocycles. The van der Waals surface area contributed by atoms with Crippen molar-refractivity contribution in [2.24, 2.45) is 0 Å². The molecule has 2 nitrogen and oxygen atoms in total. The summed E-state index contributed by atoms with van der Waals surface area (Å²) in [6.45, 7) is 0. The number of rotatable bonds is 0. The number of fused-ring (bicyclic) bond motifs is 3. The Balaban J connectivity index is 2.68. The van der Waals surface area contributed by atoms with Crippen molar-refractivity contribution in [2.75, 3.05) is 0 Å². The van der Waals surface area contributed by atoms with Crippen LogP contribution in [0.1, 0.15) is 0 Å². The smallest absolute Gasteiger partial charge is 0.152 e. The Labute approximate surface area is 72.4 Å². The summed E-state index contributed by atoms with van der Waals surface area (Å²) in [5, 5.41) is 1.16. The average molecular weight is 175 g/mol. The van der Waals surface area contributed by atoms with E-state index < -0.39 is 0 Å². The van der Waals surface area contributed by atoms with Crippen molar-refractivity contribution in [2.45, 2.75) is 0 Å². The van der Waals surface area contributed by atoms with E-state index in [2.05, 4.69) is 4.98 Å². The number of thiophene rings is 1. The molecule has 58 valence electrons. The second-order valence-corrected chi connectivity index (χ2v) is 3.67. The third kappa shape index (κ3) is 0.662. The van der Waals surface area contributed by atoms with Gasteiger partial charge in [0, 0.05) is 17.8 Å². The molecule has 0 spiro atoms. The minimum absolute atomic E-state index is 0.984. The lowest BCUT2D eigenvalue weighted by molar-refractivity contribution is 0.619. The summed E-state index contributed by atoms with van der Waals surface area (Å²) in [7, 11) is 0. The van der Waals surface area contributed by atoms with E-state index in [1.165, 1.54) is 9.40 Å². The molecule has 0 aromatic carbocycles. The highest BCUT2D eigenvalue weighted by atomic mass is 32.1. The van der Waals surface area contributed by atoms with Gasteiger partial charge in [0.15, 0.2) is 5.58 Å². The van der Waals surface area contributed by atoms with Gasteiger partial charge in [0.25, 0.3) is 0 Å². The first-order valence-corrected chi connectivity index (χ1v) is 4.46. The molecule has 0 bridgehead atoms. The maximum atomic E-state index is 5.35. The molecule has 3 aromatic heterocycles. The Kier molecular flexibility index (Phi) is 1.07. The van der Waals surface area contributed by atoms with E-state index in [4.69, 9.17) is 4.42 Å². The van der Waals surface area contributed by atoms with Crippen LogP contribution in [0.5, 0.6) is 0 Å². The Morgan fingerprint density at radius 3 is 3.25 bits per heavy atom. The SMILES string of the molecule is c1cc2c(cn1)sc1ccoc12. The summed E-state index contributed by atoms with van der Waals surface area (Å²) in [5.41, 5.74) is 0.984. The Morgan fingerprint density at radius 1 is 1.25 bits per heavy atom. The second-order valence-electron chi connectivity index (χ2n) is 2.59. The first-order chi connectivity index (χ1) is 5.95. The number of hydrogen-bond donors (Lipinski definition) is 0. The Bertz CT molecular complexity index is 536. The number of pyridine rings is 1. The maximum Gasteiger partial charge on any atom is 0.152 e. The van der Waals surface area contributed by atoms with E-state index in [0.717, 1.165) is 11.0 Å². The topological polar surface area (TPSA) is 26.0 Å². The standard InChI is InChI=1S/C9H5NOS/c1-3-10-5-8-6(1)9-7(12-8)2-4-11-9/h1-5H. The van der Waals surface area contributed by atoms with Crippen molar-refractivity contribution in [1.29, 1.82) is 0 Å². The third-order valence-electron chi connectivity index (χ3n) is 1.88. The van der Waals surface area contributed by atoms with Gasteiger partial charge in [-0.05, 0) is 12.1 Å².